The molecule has 0 aromatic rings. The van der Waals surface area contributed by atoms with Gasteiger partial charge in [-0.05, 0) is 24.5 Å². The van der Waals surface area contributed by atoms with Gasteiger partial charge in [0.1, 0.15) is 5.60 Å². The Kier molecular flexibility index (Phi) is 3.89. The summed E-state index contributed by atoms with van der Waals surface area (Å²) in [6.07, 6.45) is 11.9. The Morgan fingerprint density at radius 3 is 2.61 bits per heavy atom. The molecule has 0 saturated heterocycles. The Morgan fingerprint density at radius 2 is 2.11 bits per heavy atom. The van der Waals surface area contributed by atoms with Crippen LogP contribution in [-0.2, 0) is 4.74 Å². The fourth-order valence-corrected chi connectivity index (χ4v) is 3.13. The molecule has 3 nitrogen and oxygen atoms in total. The van der Waals surface area contributed by atoms with Crippen LogP contribution in [0.4, 0.5) is 0 Å². The predicted molar refractivity (Wildman–Crippen MR) is 69.8 cm³/mol. The number of aliphatic hydroxyl groups is 1. The molecule has 0 heterocycles. The van der Waals surface area contributed by atoms with Crippen molar-refractivity contribution in [2.24, 2.45) is 0 Å². The van der Waals surface area contributed by atoms with Crippen LogP contribution >= 0.6 is 0 Å². The molecular formula is C15H21NO2. The molecule has 0 aliphatic heterocycles. The fraction of sp³-hybridized carbons (Fsp3) is 0.667. The van der Waals surface area contributed by atoms with Crippen molar-refractivity contribution in [2.45, 2.75) is 56.1 Å². The number of hydrogen-bond donors (Lipinski definition) is 1. The molecule has 0 amide bonds. The number of nitrogens with zero attached hydrogens (tertiary/aromatic N) is 1. The summed E-state index contributed by atoms with van der Waals surface area (Å²) < 4.78 is 5.68. The summed E-state index contributed by atoms with van der Waals surface area (Å²) in [5.41, 5.74) is -0.345. The molecule has 1 unspecified atom stereocenters. The van der Waals surface area contributed by atoms with E-state index in [9.17, 15) is 5.11 Å². The third-order valence-electron chi connectivity index (χ3n) is 4.35. The van der Waals surface area contributed by atoms with E-state index in [0.717, 1.165) is 31.3 Å². The molecule has 2 aliphatic carbocycles. The monoisotopic (exact) mass is 247 g/mol. The van der Waals surface area contributed by atoms with Crippen molar-refractivity contribution >= 4 is 0 Å². The standard InChI is InChI=1S/C15H21NO2/c1-18-15(14(17)8-3-2-4-9-14)10-5-13(6-11-15)7-12-16/h5-6,10,17H,2-4,7-9,11H2,1H3. The van der Waals surface area contributed by atoms with Gasteiger partial charge in [-0.15, -0.1) is 0 Å². The summed E-state index contributed by atoms with van der Waals surface area (Å²) in [5.74, 6) is 0. The number of allylic oxidation sites excluding steroid dienone is 2. The lowest BCUT2D eigenvalue weighted by Gasteiger charge is -2.47. The molecule has 1 saturated carbocycles. The van der Waals surface area contributed by atoms with E-state index in [0.29, 0.717) is 12.8 Å². The second kappa shape index (κ2) is 5.26. The van der Waals surface area contributed by atoms with Gasteiger partial charge in [0.2, 0.25) is 0 Å². The Morgan fingerprint density at radius 1 is 1.39 bits per heavy atom. The zero-order chi connectivity index (χ0) is 13.1. The Hall–Kier alpha value is -1.11. The van der Waals surface area contributed by atoms with Gasteiger partial charge in [0, 0.05) is 13.5 Å². The van der Waals surface area contributed by atoms with Crippen LogP contribution < -0.4 is 0 Å². The average Bonchev–Trinajstić information content (AvgIpc) is 2.41. The molecule has 2 aliphatic rings. The topological polar surface area (TPSA) is 53.2 Å². The van der Waals surface area contributed by atoms with Gasteiger partial charge in [-0.2, -0.15) is 5.26 Å². The van der Waals surface area contributed by atoms with E-state index < -0.39 is 11.2 Å². The Balaban J connectivity index is 2.19. The van der Waals surface area contributed by atoms with Crippen LogP contribution in [0.5, 0.6) is 0 Å². The van der Waals surface area contributed by atoms with Crippen LogP contribution in [-0.4, -0.2) is 23.4 Å². The molecule has 1 atom stereocenters. The highest BCUT2D eigenvalue weighted by atomic mass is 16.5. The maximum absolute atomic E-state index is 10.9. The van der Waals surface area contributed by atoms with Crippen LogP contribution in [0.15, 0.2) is 23.8 Å². The minimum atomic E-state index is -0.759. The van der Waals surface area contributed by atoms with Crippen LogP contribution in [0.1, 0.15) is 44.9 Å². The first kappa shape index (κ1) is 13.3. The number of nitriles is 1. The molecule has 0 aromatic carbocycles. The lowest BCUT2D eigenvalue weighted by molar-refractivity contribution is -0.157. The highest BCUT2D eigenvalue weighted by Gasteiger charge is 2.49. The largest absolute Gasteiger partial charge is 0.387 e. The van der Waals surface area contributed by atoms with Crippen LogP contribution in [0.25, 0.3) is 0 Å². The van der Waals surface area contributed by atoms with Crippen molar-refractivity contribution in [3.05, 3.63) is 23.8 Å². The molecular weight excluding hydrogens is 226 g/mol. The van der Waals surface area contributed by atoms with Gasteiger partial charge in [-0.25, -0.2) is 0 Å². The van der Waals surface area contributed by atoms with Gasteiger partial charge < -0.3 is 9.84 Å². The third kappa shape index (κ3) is 2.23. The lowest BCUT2D eigenvalue weighted by atomic mass is 9.69. The maximum Gasteiger partial charge on any atom is 0.118 e. The fourth-order valence-electron chi connectivity index (χ4n) is 3.13. The van der Waals surface area contributed by atoms with E-state index in [1.807, 2.05) is 18.2 Å². The number of ether oxygens (including phenoxy) is 1. The molecule has 3 heteroatoms. The zero-order valence-corrected chi connectivity index (χ0v) is 11.0. The second-order valence-electron chi connectivity index (χ2n) is 5.34. The van der Waals surface area contributed by atoms with E-state index in [2.05, 4.69) is 6.07 Å². The van der Waals surface area contributed by atoms with E-state index in [1.165, 1.54) is 6.42 Å². The minimum absolute atomic E-state index is 0.425. The first-order chi connectivity index (χ1) is 8.66. The van der Waals surface area contributed by atoms with Gasteiger partial charge in [0.25, 0.3) is 0 Å². The average molecular weight is 247 g/mol. The number of methoxy groups -OCH3 is 1. The summed E-state index contributed by atoms with van der Waals surface area (Å²) in [5, 5.41) is 19.6. The zero-order valence-electron chi connectivity index (χ0n) is 11.0. The second-order valence-corrected chi connectivity index (χ2v) is 5.34. The summed E-state index contributed by atoms with van der Waals surface area (Å²) in [6, 6.07) is 2.15. The van der Waals surface area contributed by atoms with Crippen molar-refractivity contribution in [1.29, 1.82) is 5.26 Å². The number of rotatable bonds is 3. The summed E-state index contributed by atoms with van der Waals surface area (Å²) in [4.78, 5) is 0. The van der Waals surface area contributed by atoms with E-state index in [1.54, 1.807) is 7.11 Å². The van der Waals surface area contributed by atoms with Crippen LogP contribution in [0.3, 0.4) is 0 Å². The van der Waals surface area contributed by atoms with Crippen LogP contribution in [0.2, 0.25) is 0 Å². The predicted octanol–water partition coefficient (Wildman–Crippen LogP) is 2.87. The van der Waals surface area contributed by atoms with E-state index in [4.69, 9.17) is 10.00 Å². The van der Waals surface area contributed by atoms with Crippen molar-refractivity contribution in [3.63, 3.8) is 0 Å². The molecule has 0 bridgehead atoms. The first-order valence-electron chi connectivity index (χ1n) is 6.68. The van der Waals surface area contributed by atoms with Crippen molar-refractivity contribution in [3.8, 4) is 6.07 Å². The van der Waals surface area contributed by atoms with Crippen LogP contribution in [0, 0.1) is 11.3 Å². The summed E-state index contributed by atoms with van der Waals surface area (Å²) in [6.45, 7) is 0. The molecule has 0 spiro atoms. The van der Waals surface area contributed by atoms with Crippen molar-refractivity contribution in [1.82, 2.24) is 0 Å². The van der Waals surface area contributed by atoms with Gasteiger partial charge >= 0.3 is 0 Å². The van der Waals surface area contributed by atoms with Gasteiger partial charge in [0.05, 0.1) is 18.1 Å². The molecule has 98 valence electrons. The molecule has 1 N–H and O–H groups in total. The van der Waals surface area contributed by atoms with Gasteiger partial charge in [-0.1, -0.05) is 31.4 Å². The molecule has 2 rings (SSSR count). The van der Waals surface area contributed by atoms with Crippen molar-refractivity contribution in [2.75, 3.05) is 7.11 Å². The quantitative estimate of drug-likeness (QED) is 0.834. The smallest absolute Gasteiger partial charge is 0.118 e. The molecule has 0 aromatic heterocycles. The molecule has 0 radical (unpaired) electrons. The summed E-state index contributed by atoms with van der Waals surface area (Å²) in [7, 11) is 1.67. The Labute approximate surface area is 109 Å². The highest BCUT2D eigenvalue weighted by Crippen LogP contribution is 2.43. The first-order valence-corrected chi connectivity index (χ1v) is 6.68. The SMILES string of the molecule is COC1(C2(O)CCCCC2)C=CC(CC#N)=CC1. The minimum Gasteiger partial charge on any atom is -0.387 e. The highest BCUT2D eigenvalue weighted by molar-refractivity contribution is 5.33. The van der Waals surface area contributed by atoms with Crippen molar-refractivity contribution < 1.29 is 9.84 Å². The van der Waals surface area contributed by atoms with Gasteiger partial charge in [0.15, 0.2) is 0 Å². The van der Waals surface area contributed by atoms with Gasteiger partial charge in [-0.3, -0.25) is 0 Å². The number of hydrogen-bond acceptors (Lipinski definition) is 3. The molecule has 18 heavy (non-hydrogen) atoms. The molecule has 1 fully saturated rings. The Bertz CT molecular complexity index is 399. The third-order valence-corrected chi connectivity index (χ3v) is 4.35. The normalized spacial score (nSPS) is 30.6. The maximum atomic E-state index is 10.9. The lowest BCUT2D eigenvalue weighted by Crippen LogP contribution is -2.55. The van der Waals surface area contributed by atoms with E-state index in [-0.39, 0.29) is 0 Å². The summed E-state index contributed by atoms with van der Waals surface area (Å²) >= 11 is 0. The van der Waals surface area contributed by atoms with E-state index >= 15 is 0 Å².